The summed E-state index contributed by atoms with van der Waals surface area (Å²) < 4.78 is 68.3. The van der Waals surface area contributed by atoms with Gasteiger partial charge >= 0.3 is 39.5 Å². The second kappa shape index (κ2) is 72.3. The first-order valence-electron chi connectivity index (χ1n) is 38.1. The zero-order valence-corrected chi connectivity index (χ0v) is 63.9. The lowest BCUT2D eigenvalue weighted by Gasteiger charge is -2.21. The SMILES string of the molecule is CC/C=C\C/C=C\C/C=C\C/C=C\C/C=C\CCCC(=O)OCC(COP(=O)(O)OCC(O)COP(=O)(O)OCC(COC(=O)C/C=C\C/C=C\C/C=C\C/C=C\C/C=C\CC)OC(=O)CCCCCCCCCCCCCCC)OC(=O)CCCCCCC/C=C\C/C=C\CCCCC. The fourth-order valence-electron chi connectivity index (χ4n) is 9.59. The molecule has 100 heavy (non-hydrogen) atoms. The summed E-state index contributed by atoms with van der Waals surface area (Å²) in [5.41, 5.74) is 0. The lowest BCUT2D eigenvalue weighted by molar-refractivity contribution is -0.161. The van der Waals surface area contributed by atoms with Crippen molar-refractivity contribution in [1.29, 1.82) is 0 Å². The summed E-state index contributed by atoms with van der Waals surface area (Å²) in [6.07, 6.45) is 81.6. The lowest BCUT2D eigenvalue weighted by atomic mass is 10.0. The summed E-state index contributed by atoms with van der Waals surface area (Å²) in [4.78, 5) is 72.8. The number of aliphatic hydroxyl groups is 1. The van der Waals surface area contributed by atoms with Crippen LogP contribution in [0.2, 0.25) is 0 Å². The molecule has 0 aliphatic rings. The van der Waals surface area contributed by atoms with Gasteiger partial charge in [-0.25, -0.2) is 9.13 Å². The van der Waals surface area contributed by atoms with Crippen molar-refractivity contribution >= 4 is 39.5 Å². The number of carbonyl (C=O) groups excluding carboxylic acids is 4. The molecule has 0 aromatic heterocycles. The molecule has 0 amide bonds. The average molecular weight is 1440 g/mol. The monoisotopic (exact) mass is 1440 g/mol. The molecule has 0 aliphatic heterocycles. The molecule has 5 unspecified atom stereocenters. The summed E-state index contributed by atoms with van der Waals surface area (Å²) in [6.45, 7) is 4.41. The van der Waals surface area contributed by atoms with Gasteiger partial charge in [-0.05, 0) is 122 Å². The van der Waals surface area contributed by atoms with Gasteiger partial charge in [-0.1, -0.05) is 283 Å². The Kier molecular flexibility index (Phi) is 68.6. The molecule has 0 fully saturated rings. The molecular weight excluding hydrogens is 1310 g/mol. The number of carbonyl (C=O) groups is 4. The van der Waals surface area contributed by atoms with E-state index in [1.54, 1.807) is 6.08 Å². The van der Waals surface area contributed by atoms with E-state index in [2.05, 4.69) is 137 Å². The Bertz CT molecular complexity index is 2470. The van der Waals surface area contributed by atoms with Gasteiger partial charge in [-0.3, -0.25) is 37.3 Å². The van der Waals surface area contributed by atoms with E-state index in [1.807, 2.05) is 30.4 Å². The highest BCUT2D eigenvalue weighted by Crippen LogP contribution is 2.45. The fourth-order valence-corrected chi connectivity index (χ4v) is 11.2. The van der Waals surface area contributed by atoms with Crippen molar-refractivity contribution in [2.45, 2.75) is 303 Å². The number of hydrogen-bond donors (Lipinski definition) is 3. The van der Waals surface area contributed by atoms with Crippen molar-refractivity contribution in [2.24, 2.45) is 0 Å². The first-order chi connectivity index (χ1) is 48.7. The summed E-state index contributed by atoms with van der Waals surface area (Å²) in [7, 11) is -10.00. The highest BCUT2D eigenvalue weighted by molar-refractivity contribution is 7.47. The smallest absolute Gasteiger partial charge is 0.462 e. The van der Waals surface area contributed by atoms with Crippen molar-refractivity contribution < 1.29 is 80.2 Å². The van der Waals surface area contributed by atoms with Gasteiger partial charge in [0, 0.05) is 19.3 Å². The normalized spacial score (nSPS) is 14.8. The zero-order valence-electron chi connectivity index (χ0n) is 62.1. The van der Waals surface area contributed by atoms with E-state index in [0.29, 0.717) is 32.1 Å². The van der Waals surface area contributed by atoms with Crippen LogP contribution in [0.1, 0.15) is 285 Å². The third kappa shape index (κ3) is 71.3. The predicted molar refractivity (Wildman–Crippen MR) is 408 cm³/mol. The Morgan fingerprint density at radius 2 is 0.570 bits per heavy atom. The van der Waals surface area contributed by atoms with Crippen LogP contribution in [0.3, 0.4) is 0 Å². The number of esters is 4. The lowest BCUT2D eigenvalue weighted by Crippen LogP contribution is -2.30. The number of unbranched alkanes of at least 4 members (excludes halogenated alkanes) is 21. The number of phosphoric ester groups is 2. The summed E-state index contributed by atoms with van der Waals surface area (Å²) in [5.74, 6) is -2.41. The van der Waals surface area contributed by atoms with Crippen LogP contribution in [0.4, 0.5) is 0 Å². The van der Waals surface area contributed by atoms with Crippen LogP contribution in [-0.2, 0) is 65.4 Å². The number of hydrogen-bond acceptors (Lipinski definition) is 15. The van der Waals surface area contributed by atoms with Crippen molar-refractivity contribution in [3.05, 3.63) is 146 Å². The topological polar surface area (TPSA) is 237 Å². The maximum Gasteiger partial charge on any atom is 0.472 e. The minimum Gasteiger partial charge on any atom is -0.462 e. The highest BCUT2D eigenvalue weighted by Gasteiger charge is 2.30. The first kappa shape index (κ1) is 94.9. The van der Waals surface area contributed by atoms with E-state index in [-0.39, 0.29) is 25.7 Å². The molecular formula is C81H134O17P2. The first-order valence-corrected chi connectivity index (χ1v) is 41.1. The van der Waals surface area contributed by atoms with Crippen LogP contribution in [0, 0.1) is 0 Å². The van der Waals surface area contributed by atoms with Gasteiger partial charge in [0.05, 0.1) is 32.8 Å². The Hall–Kier alpha value is -5.06. The average Bonchev–Trinajstić information content (AvgIpc) is 1.06. The largest absolute Gasteiger partial charge is 0.472 e. The van der Waals surface area contributed by atoms with E-state index in [1.165, 1.54) is 70.6 Å². The van der Waals surface area contributed by atoms with Crippen LogP contribution >= 0.6 is 15.6 Å². The molecule has 570 valence electrons. The Labute approximate surface area is 605 Å². The van der Waals surface area contributed by atoms with E-state index in [0.717, 1.165) is 128 Å². The molecule has 0 rings (SSSR count). The van der Waals surface area contributed by atoms with Crippen molar-refractivity contribution in [2.75, 3.05) is 39.6 Å². The Balaban J connectivity index is 5.48. The highest BCUT2D eigenvalue weighted by atomic mass is 31.2. The second-order valence-corrected chi connectivity index (χ2v) is 27.8. The molecule has 0 aliphatic carbocycles. The molecule has 0 spiro atoms. The maximum absolute atomic E-state index is 13.1. The number of allylic oxidation sites excluding steroid dienone is 23. The number of aliphatic hydroxyl groups excluding tert-OH is 1. The van der Waals surface area contributed by atoms with Crippen LogP contribution < -0.4 is 0 Å². The molecule has 0 aromatic carbocycles. The number of phosphoric acid groups is 2. The van der Waals surface area contributed by atoms with E-state index < -0.39 is 97.5 Å². The summed E-state index contributed by atoms with van der Waals surface area (Å²) >= 11 is 0. The fraction of sp³-hybridized carbons (Fsp3) is 0.654. The van der Waals surface area contributed by atoms with Gasteiger partial charge in [0.25, 0.3) is 0 Å². The van der Waals surface area contributed by atoms with Gasteiger partial charge in [-0.2, -0.15) is 0 Å². The van der Waals surface area contributed by atoms with Crippen molar-refractivity contribution in [3.63, 3.8) is 0 Å². The van der Waals surface area contributed by atoms with Crippen LogP contribution in [0.25, 0.3) is 0 Å². The standard InChI is InChI=1S/C81H134O17P2/c1-5-9-13-17-21-25-29-33-36-37-40-43-46-50-54-58-62-66-79(84)92-72-77(98-81(86)68-64-60-56-52-48-44-39-35-31-27-23-19-15-11-7-3)74-96-100(89,90)94-70-75(82)69-93-99(87,88)95-73-76(97-80(85)67-63-59-55-51-47-41-32-28-24-20-16-12-8-4)71-91-78(83)65-61-57-53-49-45-42-38-34-30-26-22-18-14-10-6-2/h9-10,13-14,21-23,25-27,33-36,38-40,43,45,49-50,54,57,61,75-77,82H,5-8,11-12,15-20,24,28-32,37,41-42,44,46-48,51-53,55-56,58-60,62-74H2,1-4H3,(H,87,88)(H,89,90)/b13-9-,14-10-,25-21-,26-22-,27-23-,36-33-,38-34-,39-35-,43-40-,49-45-,54-50-,61-57-. The molecule has 5 atom stereocenters. The van der Waals surface area contributed by atoms with E-state index >= 15 is 0 Å². The zero-order chi connectivity index (χ0) is 73.2. The molecule has 3 N–H and O–H groups in total. The van der Waals surface area contributed by atoms with Gasteiger partial charge in [-0.15, -0.1) is 0 Å². The third-order valence-electron chi connectivity index (χ3n) is 15.3. The Morgan fingerprint density at radius 3 is 0.940 bits per heavy atom. The molecule has 0 aromatic rings. The van der Waals surface area contributed by atoms with Crippen LogP contribution in [0.5, 0.6) is 0 Å². The summed E-state index contributed by atoms with van der Waals surface area (Å²) in [6, 6.07) is 0. The van der Waals surface area contributed by atoms with Crippen molar-refractivity contribution in [1.82, 2.24) is 0 Å². The maximum atomic E-state index is 13.1. The molecule has 19 heteroatoms. The minimum atomic E-state index is -5.00. The predicted octanol–water partition coefficient (Wildman–Crippen LogP) is 21.9. The third-order valence-corrected chi connectivity index (χ3v) is 17.2. The number of rotatable bonds is 70. The van der Waals surface area contributed by atoms with Gasteiger partial charge < -0.3 is 33.8 Å². The second-order valence-electron chi connectivity index (χ2n) is 24.8. The quantitative estimate of drug-likeness (QED) is 0.0169. The summed E-state index contributed by atoms with van der Waals surface area (Å²) in [5, 5.41) is 10.6. The van der Waals surface area contributed by atoms with Crippen molar-refractivity contribution in [3.8, 4) is 0 Å². The molecule has 0 saturated heterocycles. The van der Waals surface area contributed by atoms with Gasteiger partial charge in [0.15, 0.2) is 12.2 Å². The molecule has 0 saturated carbocycles. The molecule has 0 bridgehead atoms. The number of ether oxygens (including phenoxy) is 4. The molecule has 0 heterocycles. The van der Waals surface area contributed by atoms with E-state index in [4.69, 9.17) is 37.0 Å². The van der Waals surface area contributed by atoms with Gasteiger partial charge in [0.1, 0.15) is 19.3 Å². The van der Waals surface area contributed by atoms with E-state index in [9.17, 15) is 43.2 Å². The van der Waals surface area contributed by atoms with Crippen LogP contribution in [0.15, 0.2) is 146 Å². The van der Waals surface area contributed by atoms with Gasteiger partial charge in [0.2, 0.25) is 0 Å². The Morgan fingerprint density at radius 1 is 0.300 bits per heavy atom. The molecule has 17 nitrogen and oxygen atoms in total. The molecule has 0 radical (unpaired) electrons. The van der Waals surface area contributed by atoms with Crippen LogP contribution in [-0.4, -0.2) is 96.7 Å². The minimum absolute atomic E-state index is 0.0608.